The summed E-state index contributed by atoms with van der Waals surface area (Å²) in [6.45, 7) is 0.876. The van der Waals surface area contributed by atoms with Crippen LogP contribution in [0.5, 0.6) is 5.75 Å². The average Bonchev–Trinajstić information content (AvgIpc) is 2.99. The van der Waals surface area contributed by atoms with Gasteiger partial charge in [-0.2, -0.15) is 0 Å². The first kappa shape index (κ1) is 12.9. The molecule has 2 heterocycles. The van der Waals surface area contributed by atoms with E-state index in [9.17, 15) is 0 Å². The van der Waals surface area contributed by atoms with Gasteiger partial charge in [-0.15, -0.1) is 10.2 Å². The monoisotopic (exact) mass is 292 g/mol. The quantitative estimate of drug-likeness (QED) is 0.738. The van der Waals surface area contributed by atoms with E-state index in [1.165, 1.54) is 5.56 Å². The summed E-state index contributed by atoms with van der Waals surface area (Å²) in [4.78, 5) is 0. The number of benzene rings is 2. The summed E-state index contributed by atoms with van der Waals surface area (Å²) in [5.41, 5.74) is 9.91. The van der Waals surface area contributed by atoms with E-state index in [0.717, 1.165) is 47.2 Å². The molecule has 2 N–H and O–H groups in total. The maximum Gasteiger partial charge on any atom is 0.164 e. The van der Waals surface area contributed by atoms with Crippen molar-refractivity contribution < 1.29 is 4.74 Å². The van der Waals surface area contributed by atoms with Crippen molar-refractivity contribution in [3.05, 3.63) is 48.0 Å². The van der Waals surface area contributed by atoms with E-state index >= 15 is 0 Å². The largest absolute Gasteiger partial charge is 0.497 e. The number of anilines is 1. The Kier molecular flexibility index (Phi) is 2.85. The zero-order chi connectivity index (χ0) is 15.1. The van der Waals surface area contributed by atoms with Gasteiger partial charge in [0.15, 0.2) is 11.6 Å². The Morgan fingerprint density at radius 3 is 2.59 bits per heavy atom. The van der Waals surface area contributed by atoms with Crippen molar-refractivity contribution in [2.24, 2.45) is 0 Å². The Bertz CT molecular complexity index is 836. The number of ether oxygens (including phenoxy) is 1. The third-order valence-corrected chi connectivity index (χ3v) is 4.08. The van der Waals surface area contributed by atoms with E-state index in [-0.39, 0.29) is 0 Å². The molecule has 0 unspecified atom stereocenters. The lowest BCUT2D eigenvalue weighted by Gasteiger charge is -2.19. The Labute approximate surface area is 128 Å². The number of nitrogens with two attached hydrogens (primary N) is 1. The molecule has 3 aromatic rings. The number of hydrogen-bond acceptors (Lipinski definition) is 4. The molecule has 0 saturated carbocycles. The van der Waals surface area contributed by atoms with Crippen molar-refractivity contribution in [1.29, 1.82) is 0 Å². The zero-order valence-electron chi connectivity index (χ0n) is 12.3. The van der Waals surface area contributed by atoms with Gasteiger partial charge in [0, 0.05) is 23.4 Å². The van der Waals surface area contributed by atoms with Crippen molar-refractivity contribution in [1.82, 2.24) is 14.8 Å². The molecule has 1 aliphatic rings. The zero-order valence-corrected chi connectivity index (χ0v) is 12.3. The summed E-state index contributed by atoms with van der Waals surface area (Å²) < 4.78 is 7.49. The van der Waals surface area contributed by atoms with Crippen molar-refractivity contribution in [3.63, 3.8) is 0 Å². The molecular formula is C17H16N4O. The average molecular weight is 292 g/mol. The van der Waals surface area contributed by atoms with Crippen LogP contribution in [0.25, 0.3) is 22.8 Å². The molecule has 0 spiro atoms. The van der Waals surface area contributed by atoms with Gasteiger partial charge in [0.05, 0.1) is 7.11 Å². The number of aryl methyl sites for hydroxylation is 1. The van der Waals surface area contributed by atoms with Crippen LogP contribution in [-0.2, 0) is 13.0 Å². The van der Waals surface area contributed by atoms with Crippen LogP contribution >= 0.6 is 0 Å². The summed E-state index contributed by atoms with van der Waals surface area (Å²) >= 11 is 0. The molecule has 0 saturated heterocycles. The van der Waals surface area contributed by atoms with Crippen molar-refractivity contribution >= 4 is 5.69 Å². The molecule has 0 aliphatic carbocycles. The minimum atomic E-state index is 0.747. The highest BCUT2D eigenvalue weighted by Gasteiger charge is 2.22. The van der Waals surface area contributed by atoms with Gasteiger partial charge >= 0.3 is 0 Å². The maximum atomic E-state index is 5.76. The maximum absolute atomic E-state index is 5.76. The lowest BCUT2D eigenvalue weighted by Crippen LogP contribution is -2.12. The predicted octanol–water partition coefficient (Wildman–Crippen LogP) is 2.76. The lowest BCUT2D eigenvalue weighted by molar-refractivity contribution is 0.414. The number of hydrogen-bond donors (Lipinski definition) is 1. The summed E-state index contributed by atoms with van der Waals surface area (Å²) in [6, 6.07) is 13.9. The second kappa shape index (κ2) is 4.87. The van der Waals surface area contributed by atoms with Crippen molar-refractivity contribution in [2.75, 3.05) is 12.8 Å². The topological polar surface area (TPSA) is 66.0 Å². The van der Waals surface area contributed by atoms with Crippen LogP contribution in [0.2, 0.25) is 0 Å². The third kappa shape index (κ3) is 1.94. The standard InChI is InChI=1S/C17H16N4O/c1-22-14-7-4-11-8-9-21-16(12-2-5-13(18)6-3-12)19-20-17(21)15(11)10-14/h2-7,10H,8-9,18H2,1H3. The van der Waals surface area contributed by atoms with Gasteiger partial charge < -0.3 is 15.0 Å². The first-order valence-electron chi connectivity index (χ1n) is 7.22. The Morgan fingerprint density at radius 2 is 1.82 bits per heavy atom. The minimum Gasteiger partial charge on any atom is -0.497 e. The van der Waals surface area contributed by atoms with Gasteiger partial charge in [0.1, 0.15) is 5.75 Å². The molecule has 1 aliphatic heterocycles. The van der Waals surface area contributed by atoms with Gasteiger partial charge in [-0.25, -0.2) is 0 Å². The van der Waals surface area contributed by atoms with Gasteiger partial charge in [-0.1, -0.05) is 6.07 Å². The van der Waals surface area contributed by atoms with E-state index in [1.54, 1.807) is 7.11 Å². The van der Waals surface area contributed by atoms with Crippen LogP contribution in [0.4, 0.5) is 5.69 Å². The van der Waals surface area contributed by atoms with Gasteiger partial charge in [0.2, 0.25) is 0 Å². The molecule has 1 aromatic heterocycles. The smallest absolute Gasteiger partial charge is 0.164 e. The van der Waals surface area contributed by atoms with Crippen LogP contribution < -0.4 is 10.5 Å². The Morgan fingerprint density at radius 1 is 1.05 bits per heavy atom. The Balaban J connectivity index is 1.85. The third-order valence-electron chi connectivity index (χ3n) is 4.08. The molecule has 22 heavy (non-hydrogen) atoms. The van der Waals surface area contributed by atoms with E-state index < -0.39 is 0 Å². The van der Waals surface area contributed by atoms with Crippen LogP contribution in [0.15, 0.2) is 42.5 Å². The second-order valence-corrected chi connectivity index (χ2v) is 5.39. The highest BCUT2D eigenvalue weighted by molar-refractivity contribution is 5.68. The minimum absolute atomic E-state index is 0.747. The number of aromatic nitrogens is 3. The first-order valence-corrected chi connectivity index (χ1v) is 7.22. The van der Waals surface area contributed by atoms with Crippen LogP contribution in [0.3, 0.4) is 0 Å². The highest BCUT2D eigenvalue weighted by Crippen LogP contribution is 2.34. The fraction of sp³-hybridized carbons (Fsp3) is 0.176. The summed E-state index contributed by atoms with van der Waals surface area (Å²) in [7, 11) is 1.68. The van der Waals surface area contributed by atoms with Gasteiger partial charge in [0.25, 0.3) is 0 Å². The van der Waals surface area contributed by atoms with E-state index in [2.05, 4.69) is 20.8 Å². The van der Waals surface area contributed by atoms with Gasteiger partial charge in [-0.3, -0.25) is 0 Å². The number of nitrogens with zero attached hydrogens (tertiary/aromatic N) is 3. The normalized spacial score (nSPS) is 12.6. The molecule has 0 radical (unpaired) electrons. The van der Waals surface area contributed by atoms with Crippen LogP contribution in [0.1, 0.15) is 5.56 Å². The fourth-order valence-corrected chi connectivity index (χ4v) is 2.90. The summed E-state index contributed by atoms with van der Waals surface area (Å²) in [5, 5.41) is 8.78. The molecule has 0 atom stereocenters. The Hall–Kier alpha value is -2.82. The van der Waals surface area contributed by atoms with E-state index in [1.807, 2.05) is 36.4 Å². The first-order chi connectivity index (χ1) is 10.8. The number of fused-ring (bicyclic) bond motifs is 3. The molecule has 0 bridgehead atoms. The number of nitrogen functional groups attached to an aromatic ring is 1. The van der Waals surface area contributed by atoms with E-state index in [0.29, 0.717) is 0 Å². The highest BCUT2D eigenvalue weighted by atomic mass is 16.5. The molecule has 2 aromatic carbocycles. The molecule has 5 heteroatoms. The predicted molar refractivity (Wildman–Crippen MR) is 85.6 cm³/mol. The lowest BCUT2D eigenvalue weighted by atomic mass is 10.00. The number of rotatable bonds is 2. The summed E-state index contributed by atoms with van der Waals surface area (Å²) in [6.07, 6.45) is 0.965. The molecule has 5 nitrogen and oxygen atoms in total. The SMILES string of the molecule is COc1ccc2c(c1)-c1nnc(-c3ccc(N)cc3)n1CC2. The molecule has 0 amide bonds. The van der Waals surface area contributed by atoms with Crippen LogP contribution in [-0.4, -0.2) is 21.9 Å². The van der Waals surface area contributed by atoms with Crippen LogP contribution in [0, 0.1) is 0 Å². The molecule has 4 rings (SSSR count). The molecule has 110 valence electrons. The molecule has 0 fully saturated rings. The number of methoxy groups -OCH3 is 1. The van der Waals surface area contributed by atoms with Gasteiger partial charge in [-0.05, 0) is 48.4 Å². The van der Waals surface area contributed by atoms with Crippen molar-refractivity contribution in [3.8, 4) is 28.5 Å². The second-order valence-electron chi connectivity index (χ2n) is 5.39. The fourth-order valence-electron chi connectivity index (χ4n) is 2.90. The van der Waals surface area contributed by atoms with E-state index in [4.69, 9.17) is 10.5 Å². The summed E-state index contributed by atoms with van der Waals surface area (Å²) in [5.74, 6) is 2.61. The van der Waals surface area contributed by atoms with Crippen molar-refractivity contribution in [2.45, 2.75) is 13.0 Å². The molecular weight excluding hydrogens is 276 g/mol.